The molecular formula is C19H23F2IN6. The van der Waals surface area contributed by atoms with Crippen LogP contribution in [0.4, 0.5) is 26.1 Å². The van der Waals surface area contributed by atoms with E-state index in [0.29, 0.717) is 18.2 Å². The molecule has 2 N–H and O–H groups in total. The Morgan fingerprint density at radius 2 is 2.00 bits per heavy atom. The monoisotopic (exact) mass is 500 g/mol. The highest BCUT2D eigenvalue weighted by Crippen LogP contribution is 2.40. The zero-order chi connectivity index (χ0) is 20.5. The van der Waals surface area contributed by atoms with Gasteiger partial charge >= 0.3 is 0 Å². The van der Waals surface area contributed by atoms with Gasteiger partial charge in [0.05, 0.1) is 6.54 Å². The molecule has 0 amide bonds. The van der Waals surface area contributed by atoms with Gasteiger partial charge in [-0.2, -0.15) is 5.11 Å². The van der Waals surface area contributed by atoms with Gasteiger partial charge < -0.3 is 10.2 Å². The Labute approximate surface area is 176 Å². The van der Waals surface area contributed by atoms with E-state index in [-0.39, 0.29) is 29.9 Å². The number of halogens is 3. The van der Waals surface area contributed by atoms with Crippen molar-refractivity contribution < 1.29 is 8.78 Å². The summed E-state index contributed by atoms with van der Waals surface area (Å²) in [5, 5.41) is 6.83. The van der Waals surface area contributed by atoms with Crippen LogP contribution in [0.5, 0.6) is 0 Å². The van der Waals surface area contributed by atoms with Gasteiger partial charge in [-0.15, -0.1) is 0 Å². The molecule has 2 heterocycles. The maximum Gasteiger partial charge on any atom is 0.266 e. The average Bonchev–Trinajstić information content (AvgIpc) is 2.99. The first-order valence-electron chi connectivity index (χ1n) is 9.01. The van der Waals surface area contributed by atoms with Gasteiger partial charge in [0.25, 0.3) is 5.92 Å². The molecule has 1 fully saturated rings. The predicted molar refractivity (Wildman–Crippen MR) is 114 cm³/mol. The fourth-order valence-corrected chi connectivity index (χ4v) is 3.54. The second-order valence-corrected chi connectivity index (χ2v) is 9.06. The zero-order valence-corrected chi connectivity index (χ0v) is 18.2. The molecule has 150 valence electrons. The quantitative estimate of drug-likeness (QED) is 0.420. The smallest absolute Gasteiger partial charge is 0.266 e. The van der Waals surface area contributed by atoms with E-state index in [9.17, 15) is 8.78 Å². The van der Waals surface area contributed by atoms with Crippen LogP contribution < -0.4 is 10.2 Å². The molecule has 0 saturated carbocycles. The van der Waals surface area contributed by atoms with Crippen LogP contribution in [0.2, 0.25) is 0 Å². The third-order valence-electron chi connectivity index (χ3n) is 4.52. The van der Waals surface area contributed by atoms with Crippen molar-refractivity contribution in [3.63, 3.8) is 0 Å². The number of alkyl halides is 2. The Morgan fingerprint density at radius 3 is 2.57 bits per heavy atom. The second-order valence-electron chi connectivity index (χ2n) is 7.90. The summed E-state index contributed by atoms with van der Waals surface area (Å²) >= 11 is 2.26. The van der Waals surface area contributed by atoms with Crippen LogP contribution in [0, 0.1) is 9.10 Å². The predicted octanol–water partition coefficient (Wildman–Crippen LogP) is 5.50. The Kier molecular flexibility index (Phi) is 5.83. The van der Waals surface area contributed by atoms with E-state index in [2.05, 4.69) is 43.0 Å². The Hall–Kier alpha value is -1.91. The van der Waals surface area contributed by atoms with Crippen LogP contribution in [-0.4, -0.2) is 29.0 Å². The van der Waals surface area contributed by atoms with Crippen LogP contribution in [0.1, 0.15) is 38.6 Å². The minimum Gasteiger partial charge on any atom is -0.364 e. The van der Waals surface area contributed by atoms with Gasteiger partial charge in [0.15, 0.2) is 17.3 Å². The molecule has 28 heavy (non-hydrogen) atoms. The van der Waals surface area contributed by atoms with E-state index in [1.807, 2.05) is 45.0 Å². The topological polar surface area (TPSA) is 77.3 Å². The minimum atomic E-state index is -2.76. The summed E-state index contributed by atoms with van der Waals surface area (Å²) in [6, 6.07) is 7.92. The van der Waals surface area contributed by atoms with E-state index < -0.39 is 12.5 Å². The van der Waals surface area contributed by atoms with Crippen molar-refractivity contribution in [2.45, 2.75) is 45.1 Å². The largest absolute Gasteiger partial charge is 0.364 e. The van der Waals surface area contributed by atoms with Crippen LogP contribution in [0.25, 0.3) is 0 Å². The third-order valence-corrected chi connectivity index (χ3v) is 5.57. The molecule has 0 spiro atoms. The summed E-state index contributed by atoms with van der Waals surface area (Å²) in [6.07, 6.45) is -0.232. The van der Waals surface area contributed by atoms with Crippen molar-refractivity contribution in [1.82, 2.24) is 9.97 Å². The molecule has 2 aromatic rings. The highest BCUT2D eigenvalue weighted by Gasteiger charge is 2.40. The van der Waals surface area contributed by atoms with Crippen LogP contribution in [0.15, 0.2) is 29.4 Å². The number of benzene rings is 1. The minimum absolute atomic E-state index is 0.173. The van der Waals surface area contributed by atoms with Crippen molar-refractivity contribution in [3.05, 3.63) is 39.2 Å². The van der Waals surface area contributed by atoms with Gasteiger partial charge in [0, 0.05) is 28.5 Å². The number of aromatic nitrogens is 2. The Balaban J connectivity index is 2.01. The summed E-state index contributed by atoms with van der Waals surface area (Å²) in [7, 11) is 0. The van der Waals surface area contributed by atoms with E-state index in [0.717, 1.165) is 9.13 Å². The molecule has 0 unspecified atom stereocenters. The molecule has 1 aromatic heterocycles. The number of rotatable bonds is 5. The molecule has 6 nitrogen and oxygen atoms in total. The van der Waals surface area contributed by atoms with Gasteiger partial charge in [-0.25, -0.2) is 24.3 Å². The first kappa shape index (κ1) is 20.8. The molecule has 1 aliphatic rings. The second kappa shape index (κ2) is 7.84. The van der Waals surface area contributed by atoms with Crippen LogP contribution in [-0.2, 0) is 12.0 Å². The molecule has 1 aromatic carbocycles. The zero-order valence-electron chi connectivity index (χ0n) is 16.1. The number of anilines is 2. The highest BCUT2D eigenvalue weighted by molar-refractivity contribution is 14.1. The fraction of sp³-hybridized carbons (Fsp3) is 0.474. The lowest BCUT2D eigenvalue weighted by Gasteiger charge is -2.24. The summed E-state index contributed by atoms with van der Waals surface area (Å²) in [5.74, 6) is -1.56. The molecule has 0 aliphatic carbocycles. The molecule has 9 heteroatoms. The lowest BCUT2D eigenvalue weighted by Crippen LogP contribution is -2.27. The van der Waals surface area contributed by atoms with Gasteiger partial charge in [0.2, 0.25) is 0 Å². The lowest BCUT2D eigenvalue weighted by molar-refractivity contribution is 0.0257. The van der Waals surface area contributed by atoms with E-state index >= 15 is 0 Å². The Bertz CT molecular complexity index is 881. The number of nitrogens with zero attached hydrogens (tertiary/aromatic N) is 4. The third kappa shape index (κ3) is 4.56. The van der Waals surface area contributed by atoms with Gasteiger partial charge in [0.1, 0.15) is 5.82 Å². The summed E-state index contributed by atoms with van der Waals surface area (Å²) < 4.78 is 28.7. The molecule has 0 bridgehead atoms. The molecular weight excluding hydrogens is 477 g/mol. The van der Waals surface area contributed by atoms with Crippen molar-refractivity contribution >= 4 is 39.9 Å². The van der Waals surface area contributed by atoms with Crippen molar-refractivity contribution in [2.75, 3.05) is 23.3 Å². The van der Waals surface area contributed by atoms with Crippen LogP contribution in [0.3, 0.4) is 0 Å². The van der Waals surface area contributed by atoms with Gasteiger partial charge in [-0.05, 0) is 34.2 Å². The van der Waals surface area contributed by atoms with Crippen LogP contribution >= 0.6 is 22.6 Å². The van der Waals surface area contributed by atoms with Crippen molar-refractivity contribution in [1.29, 1.82) is 5.53 Å². The SMILES string of the molecule is CC(C)(C)c1nc(NCc2ccccc2I)c(N=N)c(N2CCC(F)(F)C2)n1. The van der Waals surface area contributed by atoms with Gasteiger partial charge in [-0.3, -0.25) is 0 Å². The van der Waals surface area contributed by atoms with Crippen molar-refractivity contribution in [3.8, 4) is 0 Å². The van der Waals surface area contributed by atoms with E-state index in [1.54, 1.807) is 0 Å². The lowest BCUT2D eigenvalue weighted by atomic mass is 9.95. The van der Waals surface area contributed by atoms with E-state index in [1.165, 1.54) is 4.90 Å². The normalized spacial score (nSPS) is 16.3. The summed E-state index contributed by atoms with van der Waals surface area (Å²) in [6.45, 7) is 6.13. The van der Waals surface area contributed by atoms with Gasteiger partial charge in [-0.1, -0.05) is 39.0 Å². The maximum absolute atomic E-state index is 13.8. The van der Waals surface area contributed by atoms with E-state index in [4.69, 9.17) is 5.53 Å². The average molecular weight is 500 g/mol. The Morgan fingerprint density at radius 1 is 1.29 bits per heavy atom. The number of nitrogens with one attached hydrogen (secondary N) is 2. The molecule has 1 saturated heterocycles. The fourth-order valence-electron chi connectivity index (χ4n) is 2.96. The molecule has 1 aliphatic heterocycles. The first-order valence-corrected chi connectivity index (χ1v) is 10.1. The summed E-state index contributed by atoms with van der Waals surface area (Å²) in [4.78, 5) is 10.6. The standard InChI is InChI=1S/C19H23F2IN6/c1-18(2,3)17-25-15(24-10-12-6-4-5-7-13(12)22)14(27-23)16(26-17)28-9-8-19(20,21)11-28/h4-7,23H,8-11H2,1-3H3,(H,24,25,26). The maximum atomic E-state index is 13.8. The molecule has 0 radical (unpaired) electrons. The first-order chi connectivity index (χ1) is 13.1. The highest BCUT2D eigenvalue weighted by atomic mass is 127. The summed E-state index contributed by atoms with van der Waals surface area (Å²) in [5.41, 5.74) is 8.51. The number of hydrogen-bond donors (Lipinski definition) is 2. The molecule has 3 rings (SSSR count). The number of hydrogen-bond acceptors (Lipinski definition) is 6. The molecule has 0 atom stereocenters. The van der Waals surface area contributed by atoms with Crippen molar-refractivity contribution in [2.24, 2.45) is 5.11 Å².